The highest BCUT2D eigenvalue weighted by Crippen LogP contribution is 2.20. The minimum absolute atomic E-state index is 0.0305. The van der Waals surface area contributed by atoms with Gasteiger partial charge in [0.2, 0.25) is 0 Å². The van der Waals surface area contributed by atoms with Gasteiger partial charge in [-0.05, 0) is 40.8 Å². The van der Waals surface area contributed by atoms with E-state index in [4.69, 9.17) is 10.2 Å². The molecule has 0 fully saturated rings. The molecule has 0 aliphatic heterocycles. The Morgan fingerprint density at radius 1 is 1.41 bits per heavy atom. The number of halogens is 1. The van der Waals surface area contributed by atoms with Gasteiger partial charge >= 0.3 is 5.97 Å². The molecule has 0 spiro atoms. The standard InChI is InChI=1S/C10H10INO5/c11-6-2-1-5(3-7(6)13)9(15)12-4-8(14)10(16)17/h1-3,8,13-14H,4H2,(H,12,15)(H,16,17). The van der Waals surface area contributed by atoms with E-state index in [1.54, 1.807) is 6.07 Å². The molecule has 0 saturated heterocycles. The Balaban J connectivity index is 2.64. The molecule has 7 heteroatoms. The van der Waals surface area contributed by atoms with Crippen molar-refractivity contribution >= 4 is 34.5 Å². The quantitative estimate of drug-likeness (QED) is 0.579. The van der Waals surface area contributed by atoms with Crippen molar-refractivity contribution in [1.82, 2.24) is 5.32 Å². The van der Waals surface area contributed by atoms with Crippen molar-refractivity contribution in [2.75, 3.05) is 6.54 Å². The number of phenolic OH excluding ortho intramolecular Hbond substituents is 1. The van der Waals surface area contributed by atoms with Gasteiger partial charge in [-0.25, -0.2) is 4.79 Å². The van der Waals surface area contributed by atoms with Crippen LogP contribution in [0.2, 0.25) is 0 Å². The minimum atomic E-state index is -1.64. The van der Waals surface area contributed by atoms with Crippen LogP contribution in [0, 0.1) is 3.57 Å². The lowest BCUT2D eigenvalue weighted by molar-refractivity contribution is -0.146. The van der Waals surface area contributed by atoms with Gasteiger partial charge in [-0.3, -0.25) is 4.79 Å². The monoisotopic (exact) mass is 351 g/mol. The number of phenols is 1. The zero-order chi connectivity index (χ0) is 13.0. The average Bonchev–Trinajstić information content (AvgIpc) is 2.28. The maximum atomic E-state index is 11.5. The van der Waals surface area contributed by atoms with Crippen LogP contribution in [0.4, 0.5) is 0 Å². The number of hydrogen-bond acceptors (Lipinski definition) is 4. The Bertz CT molecular complexity index is 448. The molecule has 1 aromatic rings. The van der Waals surface area contributed by atoms with Gasteiger partial charge < -0.3 is 20.6 Å². The summed E-state index contributed by atoms with van der Waals surface area (Å²) in [5.74, 6) is -2.00. The predicted octanol–water partition coefficient (Wildman–Crippen LogP) is 0.172. The number of carbonyl (C=O) groups excluding carboxylic acids is 1. The van der Waals surface area contributed by atoms with Gasteiger partial charge in [-0.1, -0.05) is 0 Å². The van der Waals surface area contributed by atoms with Crippen molar-refractivity contribution in [2.45, 2.75) is 6.10 Å². The molecule has 6 nitrogen and oxygen atoms in total. The van der Waals surface area contributed by atoms with E-state index in [0.717, 1.165) is 0 Å². The first-order chi connectivity index (χ1) is 7.91. The van der Waals surface area contributed by atoms with E-state index in [1.165, 1.54) is 12.1 Å². The van der Waals surface area contributed by atoms with E-state index in [0.29, 0.717) is 3.57 Å². The summed E-state index contributed by atoms with van der Waals surface area (Å²) in [5, 5.41) is 29.0. The van der Waals surface area contributed by atoms with Crippen LogP contribution in [-0.4, -0.2) is 39.8 Å². The number of aromatic hydroxyl groups is 1. The van der Waals surface area contributed by atoms with Crippen LogP contribution in [-0.2, 0) is 4.79 Å². The summed E-state index contributed by atoms with van der Waals surface area (Å²) in [5.41, 5.74) is 0.195. The fraction of sp³-hybridized carbons (Fsp3) is 0.200. The zero-order valence-electron chi connectivity index (χ0n) is 8.55. The molecule has 1 aromatic carbocycles. The molecule has 0 heterocycles. The van der Waals surface area contributed by atoms with E-state index in [1.807, 2.05) is 22.6 Å². The maximum absolute atomic E-state index is 11.5. The molecule has 1 atom stereocenters. The molecule has 1 amide bonds. The number of carboxylic acids is 1. The van der Waals surface area contributed by atoms with Gasteiger partial charge in [0.05, 0.1) is 10.1 Å². The molecule has 17 heavy (non-hydrogen) atoms. The van der Waals surface area contributed by atoms with Crippen LogP contribution < -0.4 is 5.32 Å². The number of rotatable bonds is 4. The lowest BCUT2D eigenvalue weighted by Gasteiger charge is -2.08. The lowest BCUT2D eigenvalue weighted by atomic mass is 10.2. The van der Waals surface area contributed by atoms with Gasteiger partial charge in [0.1, 0.15) is 5.75 Å². The third-order valence-electron chi connectivity index (χ3n) is 1.95. The number of carbonyl (C=O) groups is 2. The average molecular weight is 351 g/mol. The van der Waals surface area contributed by atoms with Crippen LogP contribution in [0.1, 0.15) is 10.4 Å². The van der Waals surface area contributed by atoms with Gasteiger partial charge in [0.15, 0.2) is 6.10 Å². The first-order valence-corrected chi connectivity index (χ1v) is 5.67. The number of hydrogen-bond donors (Lipinski definition) is 4. The summed E-state index contributed by atoms with van der Waals surface area (Å²) < 4.78 is 0.602. The Kier molecular flexibility index (Phi) is 4.70. The number of aliphatic hydroxyl groups excluding tert-OH is 1. The largest absolute Gasteiger partial charge is 0.507 e. The van der Waals surface area contributed by atoms with Gasteiger partial charge in [0, 0.05) is 5.56 Å². The number of aliphatic hydroxyl groups is 1. The lowest BCUT2D eigenvalue weighted by Crippen LogP contribution is -2.36. The van der Waals surface area contributed by atoms with Crippen LogP contribution in [0.15, 0.2) is 18.2 Å². The highest BCUT2D eigenvalue weighted by Gasteiger charge is 2.15. The Morgan fingerprint density at radius 3 is 2.59 bits per heavy atom. The summed E-state index contributed by atoms with van der Waals surface area (Å²) in [4.78, 5) is 21.8. The van der Waals surface area contributed by atoms with E-state index >= 15 is 0 Å². The zero-order valence-corrected chi connectivity index (χ0v) is 10.7. The second-order valence-electron chi connectivity index (χ2n) is 3.23. The molecule has 0 saturated carbocycles. The number of carboxylic acid groups (broad SMARTS) is 1. The van der Waals surface area contributed by atoms with Gasteiger partial charge in [-0.15, -0.1) is 0 Å². The van der Waals surface area contributed by atoms with Crippen molar-refractivity contribution in [3.63, 3.8) is 0 Å². The number of aliphatic carboxylic acids is 1. The van der Waals surface area contributed by atoms with E-state index in [-0.39, 0.29) is 17.9 Å². The maximum Gasteiger partial charge on any atom is 0.334 e. The fourth-order valence-corrected chi connectivity index (χ4v) is 1.37. The number of amides is 1. The Labute approximate surface area is 110 Å². The summed E-state index contributed by atoms with van der Waals surface area (Å²) in [6.07, 6.45) is -1.64. The number of benzene rings is 1. The second kappa shape index (κ2) is 5.82. The summed E-state index contributed by atoms with van der Waals surface area (Å²) >= 11 is 1.91. The SMILES string of the molecule is O=C(NCC(O)C(=O)O)c1ccc(I)c(O)c1. The summed E-state index contributed by atoms with van der Waals surface area (Å²) in [6, 6.07) is 4.31. The Hall–Kier alpha value is -1.35. The van der Waals surface area contributed by atoms with Gasteiger partial charge in [0.25, 0.3) is 5.91 Å². The minimum Gasteiger partial charge on any atom is -0.507 e. The first kappa shape index (κ1) is 13.7. The highest BCUT2D eigenvalue weighted by molar-refractivity contribution is 14.1. The highest BCUT2D eigenvalue weighted by atomic mass is 127. The Morgan fingerprint density at radius 2 is 2.06 bits per heavy atom. The molecule has 4 N–H and O–H groups in total. The number of nitrogens with one attached hydrogen (secondary N) is 1. The molecule has 0 aromatic heterocycles. The molecule has 0 radical (unpaired) electrons. The second-order valence-corrected chi connectivity index (χ2v) is 4.39. The molecule has 1 rings (SSSR count). The van der Waals surface area contributed by atoms with Crippen LogP contribution in [0.3, 0.4) is 0 Å². The summed E-state index contributed by atoms with van der Waals surface area (Å²) in [6.45, 7) is -0.388. The fourth-order valence-electron chi connectivity index (χ4n) is 1.03. The van der Waals surface area contributed by atoms with Crippen molar-refractivity contribution in [2.24, 2.45) is 0 Å². The molecular weight excluding hydrogens is 341 g/mol. The van der Waals surface area contributed by atoms with E-state index < -0.39 is 18.0 Å². The molecule has 0 bridgehead atoms. The van der Waals surface area contributed by atoms with Crippen LogP contribution >= 0.6 is 22.6 Å². The molecule has 0 aliphatic rings. The van der Waals surface area contributed by atoms with Crippen molar-refractivity contribution in [3.8, 4) is 5.75 Å². The van der Waals surface area contributed by atoms with Crippen molar-refractivity contribution in [1.29, 1.82) is 0 Å². The molecule has 92 valence electrons. The van der Waals surface area contributed by atoms with Crippen LogP contribution in [0.5, 0.6) is 5.75 Å². The topological polar surface area (TPSA) is 107 Å². The van der Waals surface area contributed by atoms with E-state index in [9.17, 15) is 14.7 Å². The van der Waals surface area contributed by atoms with Crippen LogP contribution in [0.25, 0.3) is 0 Å². The molecular formula is C10H10INO5. The first-order valence-electron chi connectivity index (χ1n) is 4.59. The third kappa shape index (κ3) is 3.86. The van der Waals surface area contributed by atoms with Gasteiger partial charge in [-0.2, -0.15) is 0 Å². The predicted molar refractivity (Wildman–Crippen MR) is 66.8 cm³/mol. The summed E-state index contributed by atoms with van der Waals surface area (Å²) in [7, 11) is 0. The molecule has 0 aliphatic carbocycles. The normalized spacial score (nSPS) is 11.9. The van der Waals surface area contributed by atoms with E-state index in [2.05, 4.69) is 5.32 Å². The third-order valence-corrected chi connectivity index (χ3v) is 2.86. The van der Waals surface area contributed by atoms with Crippen molar-refractivity contribution in [3.05, 3.63) is 27.3 Å². The smallest absolute Gasteiger partial charge is 0.334 e. The molecule has 1 unspecified atom stereocenters. The van der Waals surface area contributed by atoms with Crippen molar-refractivity contribution < 1.29 is 24.9 Å².